The Morgan fingerprint density at radius 1 is 1.07 bits per heavy atom. The third-order valence-corrected chi connectivity index (χ3v) is 4.06. The molecule has 0 saturated carbocycles. The highest BCUT2D eigenvalue weighted by atomic mass is 16.5. The maximum Gasteiger partial charge on any atom is 0.355 e. The van der Waals surface area contributed by atoms with Gasteiger partial charge in [0, 0.05) is 24.1 Å². The molecule has 1 aliphatic heterocycles. The molecule has 138 valence electrons. The van der Waals surface area contributed by atoms with Crippen LogP contribution in [0.15, 0.2) is 59.7 Å². The quantitative estimate of drug-likeness (QED) is 0.796. The molecule has 0 unspecified atom stereocenters. The molecule has 27 heavy (non-hydrogen) atoms. The molecule has 2 aromatic rings. The lowest BCUT2D eigenvalue weighted by Gasteiger charge is -2.17. The Morgan fingerprint density at radius 3 is 2.48 bits per heavy atom. The Bertz CT molecular complexity index is 893. The monoisotopic (exact) mass is 365 g/mol. The number of carbonyl (C=O) groups excluding carboxylic acids is 3. The maximum absolute atomic E-state index is 12.5. The van der Waals surface area contributed by atoms with Crippen molar-refractivity contribution < 1.29 is 19.1 Å². The number of carbonyl (C=O) groups is 3. The predicted molar refractivity (Wildman–Crippen MR) is 101 cm³/mol. The number of rotatable bonds is 5. The average molecular weight is 365 g/mol. The van der Waals surface area contributed by atoms with Crippen LogP contribution in [-0.2, 0) is 19.1 Å². The van der Waals surface area contributed by atoms with Crippen molar-refractivity contribution >= 4 is 29.2 Å². The van der Waals surface area contributed by atoms with Crippen molar-refractivity contribution in [2.45, 2.75) is 25.9 Å². The molecule has 0 bridgehead atoms. The molecule has 1 heterocycles. The first kappa shape index (κ1) is 18.3. The molecule has 2 N–H and O–H groups in total. The van der Waals surface area contributed by atoms with Crippen LogP contribution in [-0.4, -0.2) is 29.6 Å². The van der Waals surface area contributed by atoms with E-state index in [1.165, 1.54) is 6.92 Å². The second kappa shape index (κ2) is 8.27. The third-order valence-electron chi connectivity index (χ3n) is 4.06. The van der Waals surface area contributed by atoms with Crippen LogP contribution in [0.4, 0.5) is 5.69 Å². The standard InChI is InChI=1S/C20H19N3O4/c1-13(27-20(26)17-11-12-18(24)23-22-17)19(25)21-16-10-6-5-9-15(16)14-7-3-2-4-8-14/h2-10,13H,11-12H2,1H3,(H,21,25)(H,23,24)/t13-/m0/s1. The summed E-state index contributed by atoms with van der Waals surface area (Å²) in [5.74, 6) is -1.42. The highest BCUT2D eigenvalue weighted by molar-refractivity contribution is 6.37. The van der Waals surface area contributed by atoms with Gasteiger partial charge < -0.3 is 10.1 Å². The van der Waals surface area contributed by atoms with E-state index in [1.54, 1.807) is 6.07 Å². The van der Waals surface area contributed by atoms with E-state index in [1.807, 2.05) is 48.5 Å². The van der Waals surface area contributed by atoms with Gasteiger partial charge in [0.2, 0.25) is 5.91 Å². The molecule has 2 aromatic carbocycles. The molecule has 0 aromatic heterocycles. The lowest BCUT2D eigenvalue weighted by atomic mass is 10.0. The molecule has 1 aliphatic rings. The normalized spacial score (nSPS) is 14.6. The molecular weight excluding hydrogens is 346 g/mol. The lowest BCUT2D eigenvalue weighted by Crippen LogP contribution is -2.35. The van der Waals surface area contributed by atoms with Crippen molar-refractivity contribution in [2.75, 3.05) is 5.32 Å². The van der Waals surface area contributed by atoms with Crippen molar-refractivity contribution in [3.63, 3.8) is 0 Å². The Morgan fingerprint density at radius 2 is 1.78 bits per heavy atom. The molecule has 0 aliphatic carbocycles. The van der Waals surface area contributed by atoms with Gasteiger partial charge in [-0.05, 0) is 18.6 Å². The Hall–Kier alpha value is -3.48. The summed E-state index contributed by atoms with van der Waals surface area (Å²) in [6, 6.07) is 17.0. The summed E-state index contributed by atoms with van der Waals surface area (Å²) in [5, 5.41) is 6.47. The van der Waals surface area contributed by atoms with Gasteiger partial charge in [-0.15, -0.1) is 0 Å². The van der Waals surface area contributed by atoms with Crippen LogP contribution in [0.2, 0.25) is 0 Å². The molecule has 7 heteroatoms. The number of ether oxygens (including phenoxy) is 1. The van der Waals surface area contributed by atoms with E-state index in [0.717, 1.165) is 11.1 Å². The van der Waals surface area contributed by atoms with Gasteiger partial charge in [-0.3, -0.25) is 9.59 Å². The van der Waals surface area contributed by atoms with E-state index in [4.69, 9.17) is 4.74 Å². The molecule has 0 saturated heterocycles. The van der Waals surface area contributed by atoms with Gasteiger partial charge in [0.25, 0.3) is 5.91 Å². The van der Waals surface area contributed by atoms with Crippen LogP contribution in [0.1, 0.15) is 19.8 Å². The summed E-state index contributed by atoms with van der Waals surface area (Å²) in [6.45, 7) is 1.49. The maximum atomic E-state index is 12.5. The topological polar surface area (TPSA) is 96.9 Å². The first-order valence-electron chi connectivity index (χ1n) is 8.56. The number of hydrazone groups is 1. The molecule has 0 spiro atoms. The van der Waals surface area contributed by atoms with Gasteiger partial charge in [-0.25, -0.2) is 10.2 Å². The molecule has 0 fully saturated rings. The zero-order valence-electron chi connectivity index (χ0n) is 14.8. The van der Waals surface area contributed by atoms with Crippen molar-refractivity contribution in [1.82, 2.24) is 5.43 Å². The fourth-order valence-electron chi connectivity index (χ4n) is 2.60. The molecule has 7 nitrogen and oxygen atoms in total. The zero-order valence-corrected chi connectivity index (χ0v) is 14.8. The summed E-state index contributed by atoms with van der Waals surface area (Å²) >= 11 is 0. The van der Waals surface area contributed by atoms with Crippen molar-refractivity contribution in [3.05, 3.63) is 54.6 Å². The van der Waals surface area contributed by atoms with Crippen molar-refractivity contribution in [3.8, 4) is 11.1 Å². The minimum absolute atomic E-state index is 0.0962. The van der Waals surface area contributed by atoms with Gasteiger partial charge in [0.1, 0.15) is 5.71 Å². The predicted octanol–water partition coefficient (Wildman–Crippen LogP) is 2.49. The first-order valence-corrected chi connectivity index (χ1v) is 8.56. The molecule has 0 radical (unpaired) electrons. The summed E-state index contributed by atoms with van der Waals surface area (Å²) in [5.41, 5.74) is 4.78. The fraction of sp³-hybridized carbons (Fsp3) is 0.200. The second-order valence-corrected chi connectivity index (χ2v) is 6.04. The van der Waals surface area contributed by atoms with Crippen molar-refractivity contribution in [2.24, 2.45) is 5.10 Å². The van der Waals surface area contributed by atoms with Crippen molar-refractivity contribution in [1.29, 1.82) is 0 Å². The van der Waals surface area contributed by atoms with Crippen LogP contribution in [0.25, 0.3) is 11.1 Å². The molecule has 3 rings (SSSR count). The highest BCUT2D eigenvalue weighted by Crippen LogP contribution is 2.27. The fourth-order valence-corrected chi connectivity index (χ4v) is 2.60. The summed E-state index contributed by atoms with van der Waals surface area (Å²) in [7, 11) is 0. The number of amides is 2. The number of anilines is 1. The number of hydrogen-bond acceptors (Lipinski definition) is 5. The van der Waals surface area contributed by atoms with Crippen LogP contribution in [0.5, 0.6) is 0 Å². The number of nitrogens with zero attached hydrogens (tertiary/aromatic N) is 1. The number of hydrogen-bond donors (Lipinski definition) is 2. The smallest absolute Gasteiger partial charge is 0.355 e. The summed E-state index contributed by atoms with van der Waals surface area (Å²) in [6.07, 6.45) is -0.656. The third kappa shape index (κ3) is 4.58. The first-order chi connectivity index (χ1) is 13.0. The summed E-state index contributed by atoms with van der Waals surface area (Å²) in [4.78, 5) is 35.6. The average Bonchev–Trinajstić information content (AvgIpc) is 2.69. The summed E-state index contributed by atoms with van der Waals surface area (Å²) < 4.78 is 5.17. The van der Waals surface area contributed by atoms with E-state index in [9.17, 15) is 14.4 Å². The van der Waals surface area contributed by atoms with Gasteiger partial charge in [-0.2, -0.15) is 5.10 Å². The molecule has 2 amide bonds. The van der Waals surface area contributed by atoms with Gasteiger partial charge >= 0.3 is 5.97 Å². The van der Waals surface area contributed by atoms with E-state index >= 15 is 0 Å². The number of para-hydroxylation sites is 1. The van der Waals surface area contributed by atoms with Gasteiger partial charge in [0.15, 0.2) is 6.10 Å². The molecular formula is C20H19N3O4. The van der Waals surface area contributed by atoms with Crippen LogP contribution >= 0.6 is 0 Å². The zero-order chi connectivity index (χ0) is 19.2. The molecule has 1 atom stereocenters. The van der Waals surface area contributed by atoms with E-state index in [2.05, 4.69) is 15.8 Å². The van der Waals surface area contributed by atoms with Gasteiger partial charge in [-0.1, -0.05) is 48.5 Å². The van der Waals surface area contributed by atoms with E-state index < -0.39 is 18.0 Å². The van der Waals surface area contributed by atoms with Crippen LogP contribution in [0.3, 0.4) is 0 Å². The Kier molecular flexibility index (Phi) is 5.61. The minimum Gasteiger partial charge on any atom is -0.448 e. The van der Waals surface area contributed by atoms with E-state index in [-0.39, 0.29) is 24.5 Å². The SMILES string of the molecule is C[C@H](OC(=O)C1=NNC(=O)CC1)C(=O)Nc1ccccc1-c1ccccc1. The Balaban J connectivity index is 1.67. The van der Waals surface area contributed by atoms with Crippen LogP contribution < -0.4 is 10.7 Å². The number of esters is 1. The van der Waals surface area contributed by atoms with Crippen LogP contribution in [0, 0.1) is 0 Å². The lowest BCUT2D eigenvalue weighted by molar-refractivity contribution is -0.146. The number of nitrogens with one attached hydrogen (secondary N) is 2. The Labute approximate surface area is 156 Å². The largest absolute Gasteiger partial charge is 0.448 e. The number of benzene rings is 2. The van der Waals surface area contributed by atoms with Gasteiger partial charge in [0.05, 0.1) is 0 Å². The minimum atomic E-state index is -1.01. The highest BCUT2D eigenvalue weighted by Gasteiger charge is 2.24. The second-order valence-electron chi connectivity index (χ2n) is 6.04. The van der Waals surface area contributed by atoms with E-state index in [0.29, 0.717) is 5.69 Å².